The maximum absolute atomic E-state index is 6.67. The van der Waals surface area contributed by atoms with Crippen molar-refractivity contribution in [3.63, 3.8) is 0 Å². The Kier molecular flexibility index (Phi) is 6.31. The van der Waals surface area contributed by atoms with Gasteiger partial charge in [0, 0.05) is 19.2 Å². The fourth-order valence-corrected chi connectivity index (χ4v) is 4.72. The zero-order chi connectivity index (χ0) is 19.6. The molecule has 3 nitrogen and oxygen atoms in total. The minimum absolute atomic E-state index is 0.822. The van der Waals surface area contributed by atoms with Crippen molar-refractivity contribution in [1.29, 1.82) is 0 Å². The molecule has 0 aliphatic carbocycles. The second-order valence-corrected chi connectivity index (χ2v) is 8.12. The van der Waals surface area contributed by atoms with Crippen molar-refractivity contribution in [1.82, 2.24) is 9.78 Å². The predicted octanol–water partition coefficient (Wildman–Crippen LogP) is 6.76. The zero-order valence-electron chi connectivity index (χ0n) is 17.4. The van der Waals surface area contributed by atoms with Gasteiger partial charge in [0.05, 0.1) is 16.4 Å². The fraction of sp³-hybridized carbons (Fsp3) is 0.522. The number of benzene rings is 1. The van der Waals surface area contributed by atoms with Gasteiger partial charge in [0.15, 0.2) is 5.82 Å². The molecule has 146 valence electrons. The Balaban J connectivity index is 2.11. The van der Waals surface area contributed by atoms with E-state index in [0.717, 1.165) is 55.2 Å². The Morgan fingerprint density at radius 1 is 1.22 bits per heavy atom. The zero-order valence-corrected chi connectivity index (χ0v) is 18.2. The molecule has 0 fully saturated rings. The molecule has 0 saturated carbocycles. The van der Waals surface area contributed by atoms with Gasteiger partial charge in [-0.25, -0.2) is 0 Å². The fourth-order valence-electron chi connectivity index (χ4n) is 4.29. The molecule has 2 aromatic rings. The summed E-state index contributed by atoms with van der Waals surface area (Å²) in [6.45, 7) is 9.70. The first-order valence-corrected chi connectivity index (χ1v) is 10.6. The van der Waals surface area contributed by atoms with Crippen LogP contribution < -0.4 is 4.90 Å². The van der Waals surface area contributed by atoms with E-state index in [2.05, 4.69) is 62.5 Å². The van der Waals surface area contributed by atoms with Gasteiger partial charge in [-0.05, 0) is 62.3 Å². The molecule has 3 rings (SSSR count). The Labute approximate surface area is 169 Å². The number of hydrogen-bond acceptors (Lipinski definition) is 2. The highest BCUT2D eigenvalue weighted by Crippen LogP contribution is 2.41. The summed E-state index contributed by atoms with van der Waals surface area (Å²) in [6, 6.07) is 4.27. The van der Waals surface area contributed by atoms with E-state index in [-0.39, 0.29) is 0 Å². The molecule has 0 unspecified atom stereocenters. The second-order valence-electron chi connectivity index (χ2n) is 7.71. The summed E-state index contributed by atoms with van der Waals surface area (Å²) in [5.74, 6) is 1.09. The highest BCUT2D eigenvalue weighted by atomic mass is 35.5. The summed E-state index contributed by atoms with van der Waals surface area (Å²) in [6.07, 6.45) is 9.20. The van der Waals surface area contributed by atoms with Crippen LogP contribution in [0.3, 0.4) is 0 Å². The third-order valence-electron chi connectivity index (χ3n) is 5.36. The van der Waals surface area contributed by atoms with E-state index in [1.54, 1.807) is 0 Å². The molecular formula is C23H32ClN3. The summed E-state index contributed by atoms with van der Waals surface area (Å²) >= 11 is 6.67. The van der Waals surface area contributed by atoms with E-state index < -0.39 is 0 Å². The Hall–Kier alpha value is -1.74. The van der Waals surface area contributed by atoms with Gasteiger partial charge in [-0.1, -0.05) is 50.4 Å². The monoisotopic (exact) mass is 385 g/mol. The number of nitrogens with zero attached hydrogens (tertiary/aromatic N) is 3. The van der Waals surface area contributed by atoms with E-state index in [4.69, 9.17) is 16.7 Å². The van der Waals surface area contributed by atoms with Crippen LogP contribution in [0.15, 0.2) is 18.2 Å². The number of hydrogen-bond donors (Lipinski definition) is 0. The number of anilines is 2. The van der Waals surface area contributed by atoms with Crippen LogP contribution >= 0.6 is 11.6 Å². The standard InChI is InChI=1S/C23H32ClN3/c1-6-8-11-18(10-7-2)22-19-12-9-13-27(23(19)25-26(22)5)21-17(4)14-16(3)15-20(21)24/h11,14-15H,6-10,12-13H2,1-5H3/b18-11-. The van der Waals surface area contributed by atoms with Gasteiger partial charge in [0.25, 0.3) is 0 Å². The summed E-state index contributed by atoms with van der Waals surface area (Å²) in [5, 5.41) is 5.79. The van der Waals surface area contributed by atoms with E-state index in [1.807, 2.05) is 0 Å². The Morgan fingerprint density at radius 2 is 2.00 bits per heavy atom. The second kappa shape index (κ2) is 8.52. The third-order valence-corrected chi connectivity index (χ3v) is 5.65. The molecule has 0 atom stereocenters. The van der Waals surface area contributed by atoms with Crippen LogP contribution in [-0.4, -0.2) is 16.3 Å². The number of rotatable bonds is 6. The topological polar surface area (TPSA) is 21.1 Å². The molecule has 0 N–H and O–H groups in total. The normalized spacial score (nSPS) is 14.6. The number of aromatic nitrogens is 2. The molecular weight excluding hydrogens is 354 g/mol. The first-order chi connectivity index (χ1) is 13.0. The molecule has 0 amide bonds. The van der Waals surface area contributed by atoms with Crippen molar-refractivity contribution >= 4 is 28.7 Å². The molecule has 1 aromatic heterocycles. The van der Waals surface area contributed by atoms with Crippen LogP contribution in [-0.2, 0) is 13.5 Å². The molecule has 1 aromatic carbocycles. The average Bonchev–Trinajstić information content (AvgIpc) is 2.94. The first-order valence-electron chi connectivity index (χ1n) is 10.3. The van der Waals surface area contributed by atoms with Crippen LogP contribution in [0.4, 0.5) is 11.5 Å². The van der Waals surface area contributed by atoms with E-state index >= 15 is 0 Å². The Morgan fingerprint density at radius 3 is 2.67 bits per heavy atom. The lowest BCUT2D eigenvalue weighted by molar-refractivity contribution is 0.736. The van der Waals surface area contributed by atoms with E-state index in [9.17, 15) is 0 Å². The maximum Gasteiger partial charge on any atom is 0.158 e. The molecule has 2 heterocycles. The third kappa shape index (κ3) is 3.94. The van der Waals surface area contributed by atoms with Gasteiger partial charge < -0.3 is 4.90 Å². The summed E-state index contributed by atoms with van der Waals surface area (Å²) < 4.78 is 2.09. The molecule has 0 spiro atoms. The number of aryl methyl sites for hydroxylation is 3. The van der Waals surface area contributed by atoms with Crippen LogP contribution in [0, 0.1) is 13.8 Å². The first kappa shape index (κ1) is 20.0. The minimum Gasteiger partial charge on any atom is -0.323 e. The van der Waals surface area contributed by atoms with Crippen LogP contribution in [0.1, 0.15) is 68.3 Å². The molecule has 0 radical (unpaired) electrons. The van der Waals surface area contributed by atoms with Crippen molar-refractivity contribution in [3.05, 3.63) is 45.6 Å². The molecule has 0 saturated heterocycles. The minimum atomic E-state index is 0.822. The Bertz CT molecular complexity index is 825. The lowest BCUT2D eigenvalue weighted by atomic mass is 9.96. The van der Waals surface area contributed by atoms with Gasteiger partial charge in [0.2, 0.25) is 0 Å². The van der Waals surface area contributed by atoms with Crippen LogP contribution in [0.5, 0.6) is 0 Å². The molecule has 4 heteroatoms. The van der Waals surface area contributed by atoms with Crippen molar-refractivity contribution in [3.8, 4) is 0 Å². The van der Waals surface area contributed by atoms with Gasteiger partial charge >= 0.3 is 0 Å². The van der Waals surface area contributed by atoms with Crippen molar-refractivity contribution in [2.75, 3.05) is 11.4 Å². The highest BCUT2D eigenvalue weighted by molar-refractivity contribution is 6.33. The average molecular weight is 386 g/mol. The van der Waals surface area contributed by atoms with Crippen molar-refractivity contribution in [2.24, 2.45) is 7.05 Å². The summed E-state index contributed by atoms with van der Waals surface area (Å²) in [5.41, 5.74) is 7.69. The predicted molar refractivity (Wildman–Crippen MR) is 117 cm³/mol. The molecule has 27 heavy (non-hydrogen) atoms. The van der Waals surface area contributed by atoms with Crippen molar-refractivity contribution < 1.29 is 0 Å². The van der Waals surface area contributed by atoms with Crippen molar-refractivity contribution in [2.45, 2.75) is 66.2 Å². The van der Waals surface area contributed by atoms with Gasteiger partial charge in [-0.15, -0.1) is 0 Å². The highest BCUT2D eigenvalue weighted by Gasteiger charge is 2.29. The number of allylic oxidation sites excluding steroid dienone is 2. The molecule has 1 aliphatic heterocycles. The van der Waals surface area contributed by atoms with Crippen LogP contribution in [0.2, 0.25) is 5.02 Å². The lowest BCUT2D eigenvalue weighted by Crippen LogP contribution is -2.25. The summed E-state index contributed by atoms with van der Waals surface area (Å²) in [4.78, 5) is 2.34. The largest absolute Gasteiger partial charge is 0.323 e. The number of fused-ring (bicyclic) bond motifs is 1. The van der Waals surface area contributed by atoms with Gasteiger partial charge in [0.1, 0.15) is 0 Å². The van der Waals surface area contributed by atoms with E-state index in [0.29, 0.717) is 0 Å². The van der Waals surface area contributed by atoms with Gasteiger partial charge in [-0.3, -0.25) is 4.68 Å². The van der Waals surface area contributed by atoms with Crippen LogP contribution in [0.25, 0.3) is 5.57 Å². The summed E-state index contributed by atoms with van der Waals surface area (Å²) in [7, 11) is 2.09. The lowest BCUT2D eigenvalue weighted by Gasteiger charge is -2.30. The molecule has 1 aliphatic rings. The maximum atomic E-state index is 6.67. The SMILES string of the molecule is CCC/C=C(/CCC)c1c2c(nn1C)N(c1c(C)cc(C)cc1Cl)CCC2. The number of unbranched alkanes of at least 4 members (excludes halogenated alkanes) is 1. The van der Waals surface area contributed by atoms with Gasteiger partial charge in [-0.2, -0.15) is 5.10 Å². The smallest absolute Gasteiger partial charge is 0.158 e. The quantitative estimate of drug-likeness (QED) is 0.547. The van der Waals surface area contributed by atoms with E-state index in [1.165, 1.54) is 34.4 Å². The number of halogens is 1. The molecule has 0 bridgehead atoms.